The van der Waals surface area contributed by atoms with E-state index < -0.39 is 0 Å². The van der Waals surface area contributed by atoms with Crippen LogP contribution >= 0.6 is 0 Å². The average Bonchev–Trinajstić information content (AvgIpc) is 3.02. The molecule has 238 valence electrons. The van der Waals surface area contributed by atoms with Crippen LogP contribution in [-0.4, -0.2) is 85.2 Å². The Hall–Kier alpha value is -3.92. The minimum absolute atomic E-state index is 0.0349. The van der Waals surface area contributed by atoms with Crippen molar-refractivity contribution in [2.45, 2.75) is 78.0 Å². The summed E-state index contributed by atoms with van der Waals surface area (Å²) in [5.41, 5.74) is 2.81. The Kier molecular flexibility index (Phi) is 12.2. The molecule has 2 amide bonds. The van der Waals surface area contributed by atoms with Crippen molar-refractivity contribution in [2.75, 3.05) is 44.3 Å². The molecular formula is C34H45N3O7. The Morgan fingerprint density at radius 1 is 0.909 bits per heavy atom. The molecule has 0 aliphatic carbocycles. The summed E-state index contributed by atoms with van der Waals surface area (Å²) < 4.78 is 16.7. The van der Waals surface area contributed by atoms with E-state index in [4.69, 9.17) is 14.2 Å². The molecule has 0 radical (unpaired) electrons. The molecule has 0 saturated carbocycles. The van der Waals surface area contributed by atoms with Crippen LogP contribution in [0.25, 0.3) is 0 Å². The second kappa shape index (κ2) is 16.2. The number of hydrogen-bond donors (Lipinski definition) is 0. The number of carbonyl (C=O) groups excluding carboxylic acids is 4. The summed E-state index contributed by atoms with van der Waals surface area (Å²) in [6.45, 7) is 7.27. The second-order valence-electron chi connectivity index (χ2n) is 11.4. The number of fused-ring (bicyclic) bond motifs is 1. The van der Waals surface area contributed by atoms with Crippen molar-refractivity contribution in [1.82, 2.24) is 9.80 Å². The van der Waals surface area contributed by atoms with Crippen molar-refractivity contribution < 1.29 is 33.4 Å². The summed E-state index contributed by atoms with van der Waals surface area (Å²) in [6.07, 6.45) is 5.08. The normalized spacial score (nSPS) is 16.0. The average molecular weight is 608 g/mol. The molecule has 2 aliphatic heterocycles. The fourth-order valence-electron chi connectivity index (χ4n) is 5.90. The van der Waals surface area contributed by atoms with E-state index in [0.717, 1.165) is 44.2 Å². The van der Waals surface area contributed by atoms with Gasteiger partial charge >= 0.3 is 11.9 Å². The lowest BCUT2D eigenvalue weighted by Gasteiger charge is -2.41. The molecule has 2 aromatic carbocycles. The quantitative estimate of drug-likeness (QED) is 0.227. The first-order valence-electron chi connectivity index (χ1n) is 15.7. The number of carbonyl (C=O) groups is 4. The van der Waals surface area contributed by atoms with E-state index in [1.807, 2.05) is 32.9 Å². The van der Waals surface area contributed by atoms with E-state index in [9.17, 15) is 19.2 Å². The number of likely N-dealkylation sites (tertiary alicyclic amines) is 1. The van der Waals surface area contributed by atoms with Gasteiger partial charge < -0.3 is 24.0 Å². The first-order valence-corrected chi connectivity index (χ1v) is 15.7. The molecular weight excluding hydrogens is 562 g/mol. The van der Waals surface area contributed by atoms with Crippen LogP contribution in [0.1, 0.15) is 75.2 Å². The largest absolute Gasteiger partial charge is 0.475 e. The summed E-state index contributed by atoms with van der Waals surface area (Å²) in [6, 6.07) is 15.4. The van der Waals surface area contributed by atoms with Gasteiger partial charge in [-0.25, -0.2) is 0 Å². The maximum atomic E-state index is 13.4. The number of aryl methyl sites for hydroxylation is 1. The van der Waals surface area contributed by atoms with Gasteiger partial charge in [-0.15, -0.1) is 0 Å². The van der Waals surface area contributed by atoms with Gasteiger partial charge in [-0.05, 0) is 68.0 Å². The fraction of sp³-hybridized carbons (Fsp3) is 0.529. The zero-order valence-electron chi connectivity index (χ0n) is 26.2. The van der Waals surface area contributed by atoms with E-state index in [2.05, 4.69) is 13.0 Å². The first kappa shape index (κ1) is 33.0. The lowest BCUT2D eigenvalue weighted by Crippen LogP contribution is -2.50. The molecule has 10 heteroatoms. The Morgan fingerprint density at radius 3 is 2.16 bits per heavy atom. The van der Waals surface area contributed by atoms with Gasteiger partial charge in [0.1, 0.15) is 19.0 Å². The van der Waals surface area contributed by atoms with Gasteiger partial charge in [-0.3, -0.25) is 24.1 Å². The molecule has 44 heavy (non-hydrogen) atoms. The van der Waals surface area contributed by atoms with Crippen molar-refractivity contribution in [3.05, 3.63) is 59.7 Å². The number of ether oxygens (including phenoxy) is 3. The number of unbranched alkanes of at least 4 members (excludes halogenated alkanes) is 1. The van der Waals surface area contributed by atoms with Crippen LogP contribution in [-0.2, 0) is 30.3 Å². The molecule has 1 fully saturated rings. The molecule has 2 aliphatic rings. The third-order valence-corrected chi connectivity index (χ3v) is 8.20. The lowest BCUT2D eigenvalue weighted by atomic mass is 9.95. The van der Waals surface area contributed by atoms with E-state index in [-0.39, 0.29) is 49.2 Å². The fourth-order valence-corrected chi connectivity index (χ4v) is 5.90. The van der Waals surface area contributed by atoms with E-state index in [0.29, 0.717) is 43.9 Å². The summed E-state index contributed by atoms with van der Waals surface area (Å²) in [7, 11) is 0. The van der Waals surface area contributed by atoms with E-state index in [1.54, 1.807) is 24.3 Å². The molecule has 10 nitrogen and oxygen atoms in total. The van der Waals surface area contributed by atoms with Crippen LogP contribution in [0.3, 0.4) is 0 Å². The number of piperidine rings is 1. The van der Waals surface area contributed by atoms with Gasteiger partial charge in [-0.1, -0.05) is 31.5 Å². The van der Waals surface area contributed by atoms with Crippen LogP contribution in [0, 0.1) is 0 Å². The van der Waals surface area contributed by atoms with Crippen molar-refractivity contribution >= 4 is 29.4 Å². The number of hydrogen-bond acceptors (Lipinski definition) is 8. The van der Waals surface area contributed by atoms with Gasteiger partial charge in [0.05, 0.1) is 0 Å². The third-order valence-electron chi connectivity index (χ3n) is 8.20. The number of esters is 2. The molecule has 0 aromatic heterocycles. The topological polar surface area (TPSA) is 106 Å². The van der Waals surface area contributed by atoms with Crippen LogP contribution < -0.4 is 9.64 Å². The summed E-state index contributed by atoms with van der Waals surface area (Å²) in [4.78, 5) is 54.7. The predicted molar refractivity (Wildman–Crippen MR) is 166 cm³/mol. The molecule has 2 heterocycles. The summed E-state index contributed by atoms with van der Waals surface area (Å²) in [5, 5.41) is 0. The van der Waals surface area contributed by atoms with Gasteiger partial charge in [0, 0.05) is 63.7 Å². The molecule has 0 N–H and O–H groups in total. The van der Waals surface area contributed by atoms with Crippen molar-refractivity contribution in [2.24, 2.45) is 0 Å². The van der Waals surface area contributed by atoms with Gasteiger partial charge in [0.25, 0.3) is 5.91 Å². The number of rotatable bonds is 14. The smallest absolute Gasteiger partial charge is 0.302 e. The molecule has 1 saturated heterocycles. The molecule has 0 bridgehead atoms. The Labute approximate surface area is 260 Å². The molecule has 2 aromatic rings. The molecule has 1 unspecified atom stereocenters. The predicted octanol–water partition coefficient (Wildman–Crippen LogP) is 4.59. The highest BCUT2D eigenvalue weighted by Gasteiger charge is 2.34. The Balaban J connectivity index is 1.36. The van der Waals surface area contributed by atoms with Crippen LogP contribution in [0.5, 0.6) is 5.75 Å². The lowest BCUT2D eigenvalue weighted by molar-refractivity contribution is -0.143. The highest BCUT2D eigenvalue weighted by molar-refractivity contribution is 5.97. The highest BCUT2D eigenvalue weighted by atomic mass is 16.5. The standard InChI is InChI=1S/C34H45N3O7/c1-4-5-10-33(35(21-23-42-25(2)38)22-24-43-26(3)39)44-30-14-11-28(12-15-30)34(41)36-19-17-29(18-20-36)37-31-9-7-6-8-27(31)13-16-32(37)40/h6-9,11-12,14-15,29,33H,4-5,10,13,16-24H2,1-3H3. The zero-order valence-corrected chi connectivity index (χ0v) is 26.2. The number of nitrogens with zero attached hydrogens (tertiary/aromatic N) is 3. The van der Waals surface area contributed by atoms with Crippen molar-refractivity contribution in [1.29, 1.82) is 0 Å². The third kappa shape index (κ3) is 9.05. The number of anilines is 1. The highest BCUT2D eigenvalue weighted by Crippen LogP contribution is 2.32. The van der Waals surface area contributed by atoms with Gasteiger partial charge in [0.2, 0.25) is 5.91 Å². The van der Waals surface area contributed by atoms with Gasteiger partial charge in [-0.2, -0.15) is 0 Å². The number of para-hydroxylation sites is 1. The minimum Gasteiger partial charge on any atom is -0.475 e. The Morgan fingerprint density at radius 2 is 1.55 bits per heavy atom. The second-order valence-corrected chi connectivity index (χ2v) is 11.4. The minimum atomic E-state index is -0.356. The SMILES string of the molecule is CCCCC(Oc1ccc(C(=O)N2CCC(N3C(=O)CCc4ccccc43)CC2)cc1)N(CCOC(C)=O)CCOC(C)=O. The first-order chi connectivity index (χ1) is 21.3. The summed E-state index contributed by atoms with van der Waals surface area (Å²) >= 11 is 0. The molecule has 4 rings (SSSR count). The maximum absolute atomic E-state index is 13.4. The van der Waals surface area contributed by atoms with Crippen LogP contribution in [0.15, 0.2) is 48.5 Å². The van der Waals surface area contributed by atoms with E-state index >= 15 is 0 Å². The monoisotopic (exact) mass is 607 g/mol. The number of benzene rings is 2. The number of amides is 2. The Bertz CT molecular complexity index is 1250. The zero-order chi connectivity index (χ0) is 31.5. The molecule has 0 spiro atoms. The van der Waals surface area contributed by atoms with Gasteiger partial charge in [0.15, 0.2) is 6.23 Å². The maximum Gasteiger partial charge on any atom is 0.302 e. The van der Waals surface area contributed by atoms with Crippen LogP contribution in [0.2, 0.25) is 0 Å². The van der Waals surface area contributed by atoms with E-state index in [1.165, 1.54) is 19.4 Å². The van der Waals surface area contributed by atoms with Crippen molar-refractivity contribution in [3.63, 3.8) is 0 Å². The van der Waals surface area contributed by atoms with Crippen molar-refractivity contribution in [3.8, 4) is 5.75 Å². The van der Waals surface area contributed by atoms with Crippen LogP contribution in [0.4, 0.5) is 5.69 Å². The molecule has 1 atom stereocenters. The summed E-state index contributed by atoms with van der Waals surface area (Å²) in [5.74, 6) is 0.0371.